The molecule has 98 valence electrons. The van der Waals surface area contributed by atoms with E-state index in [1.807, 2.05) is 0 Å². The fourth-order valence-electron chi connectivity index (χ4n) is 1.66. The fourth-order valence-corrected chi connectivity index (χ4v) is 1.66. The van der Waals surface area contributed by atoms with Crippen LogP contribution in [0.15, 0.2) is 12.4 Å². The van der Waals surface area contributed by atoms with Gasteiger partial charge < -0.3 is 5.11 Å². The number of rotatable bonds is 3. The molecule has 9 heteroatoms. The summed E-state index contributed by atoms with van der Waals surface area (Å²) in [6.45, 7) is 3.12. The summed E-state index contributed by atoms with van der Waals surface area (Å²) < 4.78 is 1.24. The number of hydrogen-bond acceptors (Lipinski definition) is 6. The van der Waals surface area contributed by atoms with Crippen LogP contribution in [-0.2, 0) is 0 Å². The molecule has 9 nitrogen and oxygen atoms in total. The van der Waals surface area contributed by atoms with E-state index in [1.54, 1.807) is 13.8 Å². The van der Waals surface area contributed by atoms with Crippen molar-refractivity contribution in [1.82, 2.24) is 19.7 Å². The topological polar surface area (TPSA) is 124 Å². The van der Waals surface area contributed by atoms with E-state index in [1.165, 1.54) is 4.68 Å². The molecule has 2 aromatic rings. The lowest BCUT2D eigenvalue weighted by Crippen LogP contribution is -2.06. The molecule has 0 bridgehead atoms. The van der Waals surface area contributed by atoms with E-state index >= 15 is 0 Å². The average Bonchev–Trinajstić information content (AvgIpc) is 2.65. The van der Waals surface area contributed by atoms with Crippen LogP contribution < -0.4 is 0 Å². The van der Waals surface area contributed by atoms with Gasteiger partial charge in [-0.3, -0.25) is 10.1 Å². The molecule has 0 aliphatic carbocycles. The van der Waals surface area contributed by atoms with Crippen LogP contribution >= 0.6 is 0 Å². The maximum Gasteiger partial charge on any atom is 0.339 e. The van der Waals surface area contributed by atoms with Crippen molar-refractivity contribution < 1.29 is 14.8 Å². The monoisotopic (exact) mass is 263 g/mol. The molecule has 0 aliphatic rings. The Balaban J connectivity index is 2.51. The minimum atomic E-state index is -1.09. The van der Waals surface area contributed by atoms with Crippen molar-refractivity contribution in [2.24, 2.45) is 0 Å². The fraction of sp³-hybridized carbons (Fsp3) is 0.200. The number of carbonyl (C=O) groups is 1. The molecule has 1 N–H and O–H groups in total. The molecule has 0 spiro atoms. The Bertz CT molecular complexity index is 661. The quantitative estimate of drug-likeness (QED) is 0.643. The molecule has 0 atom stereocenters. The maximum absolute atomic E-state index is 11.0. The Hall–Kier alpha value is -2.84. The summed E-state index contributed by atoms with van der Waals surface area (Å²) in [5, 5.41) is 23.5. The molecular weight excluding hydrogens is 254 g/mol. The molecule has 2 rings (SSSR count). The van der Waals surface area contributed by atoms with Gasteiger partial charge in [0.05, 0.1) is 16.3 Å². The molecule has 2 aromatic heterocycles. The summed E-state index contributed by atoms with van der Waals surface area (Å²) in [5.41, 5.74) is 0.511. The van der Waals surface area contributed by atoms with Gasteiger partial charge >= 0.3 is 11.7 Å². The van der Waals surface area contributed by atoms with Crippen LogP contribution in [0.2, 0.25) is 0 Å². The van der Waals surface area contributed by atoms with Crippen molar-refractivity contribution in [3.63, 3.8) is 0 Å². The zero-order valence-corrected chi connectivity index (χ0v) is 10.1. The number of aryl methyl sites for hydroxylation is 1. The first-order valence-corrected chi connectivity index (χ1v) is 5.18. The Labute approximate surface area is 106 Å². The molecule has 0 unspecified atom stereocenters. The van der Waals surface area contributed by atoms with E-state index < -0.39 is 10.9 Å². The van der Waals surface area contributed by atoms with E-state index in [0.717, 1.165) is 12.4 Å². The highest BCUT2D eigenvalue weighted by Gasteiger charge is 2.20. The Morgan fingerprint density at radius 2 is 1.95 bits per heavy atom. The molecule has 0 radical (unpaired) electrons. The molecule has 0 aromatic carbocycles. The smallest absolute Gasteiger partial charge is 0.339 e. The molecule has 0 aliphatic heterocycles. The number of carboxylic acid groups (broad SMARTS) is 1. The first-order valence-electron chi connectivity index (χ1n) is 5.18. The zero-order valence-electron chi connectivity index (χ0n) is 10.1. The highest BCUT2D eigenvalue weighted by atomic mass is 16.6. The Morgan fingerprint density at radius 1 is 1.37 bits per heavy atom. The Kier molecular flexibility index (Phi) is 2.95. The predicted octanol–water partition coefficient (Wildman–Crippen LogP) is 0.886. The molecule has 0 saturated carbocycles. The van der Waals surface area contributed by atoms with Crippen molar-refractivity contribution in [3.05, 3.63) is 39.5 Å². The summed E-state index contributed by atoms with van der Waals surface area (Å²) >= 11 is 0. The molecule has 0 fully saturated rings. The van der Waals surface area contributed by atoms with Crippen LogP contribution in [-0.4, -0.2) is 35.7 Å². The zero-order chi connectivity index (χ0) is 14.2. The molecule has 0 amide bonds. The van der Waals surface area contributed by atoms with E-state index in [-0.39, 0.29) is 17.2 Å². The standard InChI is InChI=1S/C10H9N5O4/c1-5-8(9(16)17)6(2)14(13-5)10-11-3-7(4-12-10)15(18)19/h3-4H,1-2H3,(H,16,17). The first kappa shape index (κ1) is 12.6. The van der Waals surface area contributed by atoms with Gasteiger partial charge in [0.2, 0.25) is 0 Å². The third-order valence-corrected chi connectivity index (χ3v) is 2.53. The maximum atomic E-state index is 11.0. The van der Waals surface area contributed by atoms with Crippen LogP contribution in [0.25, 0.3) is 5.95 Å². The summed E-state index contributed by atoms with van der Waals surface area (Å²) in [6.07, 6.45) is 2.08. The number of nitrogens with zero attached hydrogens (tertiary/aromatic N) is 5. The van der Waals surface area contributed by atoms with Gasteiger partial charge in [0, 0.05) is 0 Å². The van der Waals surface area contributed by atoms with Crippen molar-refractivity contribution in [2.75, 3.05) is 0 Å². The van der Waals surface area contributed by atoms with Crippen LogP contribution in [0.3, 0.4) is 0 Å². The highest BCUT2D eigenvalue weighted by Crippen LogP contribution is 2.16. The lowest BCUT2D eigenvalue weighted by molar-refractivity contribution is -0.385. The van der Waals surface area contributed by atoms with Crippen LogP contribution in [0.5, 0.6) is 0 Å². The van der Waals surface area contributed by atoms with Gasteiger partial charge in [-0.05, 0) is 13.8 Å². The number of aromatic nitrogens is 4. The predicted molar refractivity (Wildman–Crippen MR) is 62.2 cm³/mol. The molecule has 0 saturated heterocycles. The first-order chi connectivity index (χ1) is 8.91. The van der Waals surface area contributed by atoms with Gasteiger partial charge in [-0.25, -0.2) is 19.4 Å². The van der Waals surface area contributed by atoms with Gasteiger partial charge in [-0.15, -0.1) is 0 Å². The van der Waals surface area contributed by atoms with Gasteiger partial charge in [-0.2, -0.15) is 5.10 Å². The second kappa shape index (κ2) is 4.44. The molecule has 19 heavy (non-hydrogen) atoms. The van der Waals surface area contributed by atoms with Crippen LogP contribution in [0, 0.1) is 24.0 Å². The minimum absolute atomic E-state index is 0.0713. The largest absolute Gasteiger partial charge is 0.478 e. The third kappa shape index (κ3) is 2.12. The van der Waals surface area contributed by atoms with Crippen molar-refractivity contribution >= 4 is 11.7 Å². The van der Waals surface area contributed by atoms with Crippen molar-refractivity contribution in [2.45, 2.75) is 13.8 Å². The van der Waals surface area contributed by atoms with E-state index in [4.69, 9.17) is 5.11 Å². The van der Waals surface area contributed by atoms with Gasteiger partial charge in [0.25, 0.3) is 5.95 Å². The summed E-state index contributed by atoms with van der Waals surface area (Å²) in [7, 11) is 0. The van der Waals surface area contributed by atoms with Crippen molar-refractivity contribution in [1.29, 1.82) is 0 Å². The summed E-state index contributed by atoms with van der Waals surface area (Å²) in [5.74, 6) is -1.01. The second-order valence-corrected chi connectivity index (χ2v) is 3.76. The number of hydrogen-bond donors (Lipinski definition) is 1. The van der Waals surface area contributed by atoms with Crippen LogP contribution in [0.1, 0.15) is 21.7 Å². The highest BCUT2D eigenvalue weighted by molar-refractivity contribution is 5.90. The Morgan fingerprint density at radius 3 is 2.37 bits per heavy atom. The van der Waals surface area contributed by atoms with Crippen molar-refractivity contribution in [3.8, 4) is 5.95 Å². The average molecular weight is 263 g/mol. The SMILES string of the molecule is Cc1nn(-c2ncc([N+](=O)[O-])cn2)c(C)c1C(=O)O. The molecular formula is C10H9N5O4. The number of aromatic carboxylic acids is 1. The lowest BCUT2D eigenvalue weighted by Gasteiger charge is -2.01. The lowest BCUT2D eigenvalue weighted by atomic mass is 10.2. The van der Waals surface area contributed by atoms with E-state index in [2.05, 4.69) is 15.1 Å². The summed E-state index contributed by atoms with van der Waals surface area (Å²) in [4.78, 5) is 28.5. The molecule has 2 heterocycles. The second-order valence-electron chi connectivity index (χ2n) is 3.76. The third-order valence-electron chi connectivity index (χ3n) is 2.53. The number of carboxylic acids is 1. The van der Waals surface area contributed by atoms with E-state index in [9.17, 15) is 14.9 Å². The van der Waals surface area contributed by atoms with Gasteiger partial charge in [0.15, 0.2) is 0 Å². The van der Waals surface area contributed by atoms with Gasteiger partial charge in [0.1, 0.15) is 18.0 Å². The summed E-state index contributed by atoms with van der Waals surface area (Å²) in [6, 6.07) is 0. The number of nitro groups is 1. The van der Waals surface area contributed by atoms with E-state index in [0.29, 0.717) is 11.4 Å². The van der Waals surface area contributed by atoms with Crippen LogP contribution in [0.4, 0.5) is 5.69 Å². The minimum Gasteiger partial charge on any atom is -0.478 e. The van der Waals surface area contributed by atoms with Gasteiger partial charge in [-0.1, -0.05) is 0 Å². The normalized spacial score (nSPS) is 10.4.